The Labute approximate surface area is 127 Å². The van der Waals surface area contributed by atoms with Gasteiger partial charge in [-0.05, 0) is 56.5 Å². The third-order valence-corrected chi connectivity index (χ3v) is 5.69. The first-order valence-electron chi connectivity index (χ1n) is 7.54. The predicted octanol–water partition coefficient (Wildman–Crippen LogP) is 1.55. The first-order valence-corrected chi connectivity index (χ1v) is 9.02. The first kappa shape index (κ1) is 16.3. The summed E-state index contributed by atoms with van der Waals surface area (Å²) in [4.78, 5) is 2.64. The number of piperidine rings is 1. The predicted molar refractivity (Wildman–Crippen MR) is 85.9 cm³/mol. The van der Waals surface area contributed by atoms with E-state index in [1.54, 1.807) is 19.1 Å². The third kappa shape index (κ3) is 3.75. The number of nitrogens with zero attached hydrogens (tertiary/aromatic N) is 1. The van der Waals surface area contributed by atoms with Crippen molar-refractivity contribution in [2.24, 2.45) is 11.7 Å². The van der Waals surface area contributed by atoms with Crippen molar-refractivity contribution in [3.05, 3.63) is 24.3 Å². The van der Waals surface area contributed by atoms with E-state index in [0.717, 1.165) is 18.7 Å². The van der Waals surface area contributed by atoms with Gasteiger partial charge in [-0.15, -0.1) is 0 Å². The van der Waals surface area contributed by atoms with Crippen LogP contribution in [0.5, 0.6) is 0 Å². The summed E-state index contributed by atoms with van der Waals surface area (Å²) >= 11 is 0. The van der Waals surface area contributed by atoms with E-state index in [2.05, 4.69) is 16.5 Å². The summed E-state index contributed by atoms with van der Waals surface area (Å²) in [7, 11) is -3.38. The lowest BCUT2D eigenvalue weighted by Crippen LogP contribution is -2.43. The lowest BCUT2D eigenvalue weighted by Gasteiger charge is -2.39. The van der Waals surface area contributed by atoms with Crippen LogP contribution in [0.1, 0.15) is 26.7 Å². The largest absolute Gasteiger partial charge is 0.369 e. The molecule has 5 nitrogen and oxygen atoms in total. The average Bonchev–Trinajstić information content (AvgIpc) is 2.48. The van der Waals surface area contributed by atoms with Crippen molar-refractivity contribution < 1.29 is 8.42 Å². The second-order valence-corrected chi connectivity index (χ2v) is 7.44. The van der Waals surface area contributed by atoms with Crippen LogP contribution in [0.15, 0.2) is 29.2 Å². The molecule has 1 heterocycles. The van der Waals surface area contributed by atoms with E-state index in [1.165, 1.54) is 6.42 Å². The highest BCUT2D eigenvalue weighted by atomic mass is 32.2. The van der Waals surface area contributed by atoms with Gasteiger partial charge in [0.25, 0.3) is 0 Å². The molecular weight excluding hydrogens is 286 g/mol. The Morgan fingerprint density at radius 1 is 1.29 bits per heavy atom. The number of sulfonamides is 1. The van der Waals surface area contributed by atoms with E-state index < -0.39 is 10.0 Å². The van der Waals surface area contributed by atoms with E-state index in [4.69, 9.17) is 5.73 Å². The molecule has 0 saturated carbocycles. The molecule has 0 aliphatic carbocycles. The fraction of sp³-hybridized carbons (Fsp3) is 0.600. The zero-order valence-corrected chi connectivity index (χ0v) is 13.6. The van der Waals surface area contributed by atoms with Gasteiger partial charge in [0, 0.05) is 24.8 Å². The van der Waals surface area contributed by atoms with Gasteiger partial charge in [0.15, 0.2) is 0 Å². The normalized spacial score (nSPS) is 23.3. The molecule has 2 atom stereocenters. The van der Waals surface area contributed by atoms with Crippen molar-refractivity contribution in [1.82, 2.24) is 4.72 Å². The topological polar surface area (TPSA) is 75.4 Å². The molecule has 1 aromatic carbocycles. The maximum Gasteiger partial charge on any atom is 0.240 e. The Morgan fingerprint density at radius 3 is 2.52 bits per heavy atom. The van der Waals surface area contributed by atoms with Crippen LogP contribution in [0.2, 0.25) is 0 Å². The highest BCUT2D eigenvalue weighted by Crippen LogP contribution is 2.28. The smallest absolute Gasteiger partial charge is 0.240 e. The van der Waals surface area contributed by atoms with E-state index >= 15 is 0 Å². The summed E-state index contributed by atoms with van der Waals surface area (Å²) < 4.78 is 26.4. The lowest BCUT2D eigenvalue weighted by molar-refractivity contribution is 0.374. The standard InChI is InChI=1S/C15H25N3O2S/c1-3-17-21(19,20)15-8-6-14(7-9-15)18-11-13(10-16)5-4-12(18)2/h6-9,12-13,17H,3-5,10-11,16H2,1-2H3. The number of nitrogens with two attached hydrogens (primary N) is 1. The zero-order chi connectivity index (χ0) is 15.5. The number of hydrogen-bond acceptors (Lipinski definition) is 4. The number of rotatable bonds is 5. The lowest BCUT2D eigenvalue weighted by atomic mass is 9.93. The van der Waals surface area contributed by atoms with Crippen LogP contribution >= 0.6 is 0 Å². The SMILES string of the molecule is CCNS(=O)(=O)c1ccc(N2CC(CN)CCC2C)cc1. The van der Waals surface area contributed by atoms with Crippen LogP contribution in [-0.4, -0.2) is 34.1 Å². The quantitative estimate of drug-likeness (QED) is 0.865. The minimum absolute atomic E-state index is 0.313. The second-order valence-electron chi connectivity index (χ2n) is 5.68. The maximum absolute atomic E-state index is 11.9. The molecule has 21 heavy (non-hydrogen) atoms. The van der Waals surface area contributed by atoms with E-state index in [-0.39, 0.29) is 0 Å². The number of anilines is 1. The van der Waals surface area contributed by atoms with Crippen LogP contribution in [0.3, 0.4) is 0 Å². The van der Waals surface area contributed by atoms with Gasteiger partial charge in [-0.25, -0.2) is 13.1 Å². The van der Waals surface area contributed by atoms with E-state index in [0.29, 0.717) is 29.9 Å². The second kappa shape index (κ2) is 6.77. The molecule has 2 unspecified atom stereocenters. The molecule has 0 radical (unpaired) electrons. The Bertz CT molecular complexity index is 557. The number of hydrogen-bond donors (Lipinski definition) is 2. The van der Waals surface area contributed by atoms with Gasteiger partial charge in [-0.2, -0.15) is 0 Å². The first-order chi connectivity index (χ1) is 9.97. The van der Waals surface area contributed by atoms with Crippen molar-refractivity contribution in [3.8, 4) is 0 Å². The van der Waals surface area contributed by atoms with Gasteiger partial charge in [0.2, 0.25) is 10.0 Å². The van der Waals surface area contributed by atoms with E-state index in [9.17, 15) is 8.42 Å². The molecule has 0 spiro atoms. The molecule has 0 bridgehead atoms. The molecular formula is C15H25N3O2S. The Hall–Kier alpha value is -1.11. The van der Waals surface area contributed by atoms with Gasteiger partial charge in [-0.3, -0.25) is 0 Å². The molecule has 1 aliphatic rings. The van der Waals surface area contributed by atoms with Crippen molar-refractivity contribution >= 4 is 15.7 Å². The summed E-state index contributed by atoms with van der Waals surface area (Å²) in [5, 5.41) is 0. The van der Waals surface area contributed by atoms with Crippen molar-refractivity contribution in [2.75, 3.05) is 24.5 Å². The summed E-state index contributed by atoms with van der Waals surface area (Å²) in [6.45, 7) is 6.02. The van der Waals surface area contributed by atoms with Crippen LogP contribution in [-0.2, 0) is 10.0 Å². The van der Waals surface area contributed by atoms with Crippen molar-refractivity contribution in [3.63, 3.8) is 0 Å². The molecule has 6 heteroatoms. The van der Waals surface area contributed by atoms with Gasteiger partial charge in [-0.1, -0.05) is 6.92 Å². The Balaban J connectivity index is 2.18. The number of benzene rings is 1. The van der Waals surface area contributed by atoms with Crippen LogP contribution in [0, 0.1) is 5.92 Å². The third-order valence-electron chi connectivity index (χ3n) is 4.13. The molecule has 118 valence electrons. The van der Waals surface area contributed by atoms with E-state index in [1.807, 2.05) is 12.1 Å². The number of nitrogens with one attached hydrogen (secondary N) is 1. The van der Waals surface area contributed by atoms with Crippen LogP contribution < -0.4 is 15.4 Å². The van der Waals surface area contributed by atoms with Gasteiger partial charge in [0.1, 0.15) is 0 Å². The Morgan fingerprint density at radius 2 is 1.95 bits per heavy atom. The van der Waals surface area contributed by atoms with Crippen LogP contribution in [0.25, 0.3) is 0 Å². The summed E-state index contributed by atoms with van der Waals surface area (Å²) in [5.41, 5.74) is 6.86. The van der Waals surface area contributed by atoms with Gasteiger partial charge < -0.3 is 10.6 Å². The van der Waals surface area contributed by atoms with Gasteiger partial charge >= 0.3 is 0 Å². The monoisotopic (exact) mass is 311 g/mol. The van der Waals surface area contributed by atoms with Crippen molar-refractivity contribution in [2.45, 2.75) is 37.6 Å². The Kier molecular flexibility index (Phi) is 5.24. The molecule has 1 fully saturated rings. The van der Waals surface area contributed by atoms with Crippen LogP contribution in [0.4, 0.5) is 5.69 Å². The molecule has 2 rings (SSSR count). The fourth-order valence-corrected chi connectivity index (χ4v) is 3.87. The average molecular weight is 311 g/mol. The summed E-state index contributed by atoms with van der Waals surface area (Å²) in [5.74, 6) is 0.520. The summed E-state index contributed by atoms with van der Waals surface area (Å²) in [6, 6.07) is 7.58. The molecule has 1 aromatic rings. The maximum atomic E-state index is 11.9. The highest BCUT2D eigenvalue weighted by molar-refractivity contribution is 7.89. The molecule has 3 N–H and O–H groups in total. The minimum Gasteiger partial charge on any atom is -0.369 e. The minimum atomic E-state index is -3.38. The fourth-order valence-electron chi connectivity index (χ4n) is 2.82. The highest BCUT2D eigenvalue weighted by Gasteiger charge is 2.25. The summed E-state index contributed by atoms with van der Waals surface area (Å²) in [6.07, 6.45) is 2.29. The molecule has 0 aromatic heterocycles. The zero-order valence-electron chi connectivity index (χ0n) is 12.7. The van der Waals surface area contributed by atoms with Crippen molar-refractivity contribution in [1.29, 1.82) is 0 Å². The van der Waals surface area contributed by atoms with Gasteiger partial charge in [0.05, 0.1) is 4.90 Å². The molecule has 1 aliphatic heterocycles. The molecule has 1 saturated heterocycles. The molecule has 0 amide bonds.